The molecule has 4 rings (SSSR count). The number of pyridine rings is 1. The molecule has 0 spiro atoms. The fourth-order valence-corrected chi connectivity index (χ4v) is 4.01. The Labute approximate surface area is 158 Å². The van der Waals surface area contributed by atoms with E-state index in [0.29, 0.717) is 12.3 Å². The molecule has 0 radical (unpaired) electrons. The van der Waals surface area contributed by atoms with Gasteiger partial charge in [-0.1, -0.05) is 36.4 Å². The van der Waals surface area contributed by atoms with Gasteiger partial charge in [0.15, 0.2) is 0 Å². The van der Waals surface area contributed by atoms with Crippen molar-refractivity contribution in [1.29, 1.82) is 5.26 Å². The first-order valence-corrected chi connectivity index (χ1v) is 9.31. The molecule has 1 aromatic heterocycles. The van der Waals surface area contributed by atoms with Crippen LogP contribution >= 0.6 is 0 Å². The summed E-state index contributed by atoms with van der Waals surface area (Å²) in [6, 6.07) is 15.8. The minimum absolute atomic E-state index is 0.0504. The Hall–Kier alpha value is -3.13. The number of hydrogen-bond donors (Lipinski definition) is 0. The number of aromatic nitrogens is 1. The first-order chi connectivity index (χ1) is 13.2. The van der Waals surface area contributed by atoms with Crippen molar-refractivity contribution in [2.75, 3.05) is 0 Å². The number of fused-ring (bicyclic) bond motifs is 2. The maximum Gasteiger partial charge on any atom is 0.410 e. The summed E-state index contributed by atoms with van der Waals surface area (Å²) in [7, 11) is 0. The van der Waals surface area contributed by atoms with Crippen LogP contribution in [0, 0.1) is 11.3 Å². The largest absolute Gasteiger partial charge is 0.445 e. The van der Waals surface area contributed by atoms with Crippen molar-refractivity contribution in [2.24, 2.45) is 0 Å². The number of amides is 1. The summed E-state index contributed by atoms with van der Waals surface area (Å²) in [4.78, 5) is 18.7. The van der Waals surface area contributed by atoms with Crippen LogP contribution in [0.1, 0.15) is 42.5 Å². The minimum Gasteiger partial charge on any atom is -0.445 e. The highest BCUT2D eigenvalue weighted by Crippen LogP contribution is 2.37. The molecule has 2 aliphatic heterocycles. The zero-order valence-corrected chi connectivity index (χ0v) is 15.0. The molecular weight excluding hydrogens is 338 g/mol. The summed E-state index contributed by atoms with van der Waals surface area (Å²) in [5.41, 5.74) is 3.62. The van der Waals surface area contributed by atoms with Crippen LogP contribution in [0.25, 0.3) is 5.57 Å². The van der Waals surface area contributed by atoms with E-state index in [0.717, 1.165) is 36.8 Å². The number of carbonyl (C=O) groups is 1. The van der Waals surface area contributed by atoms with Crippen LogP contribution in [-0.4, -0.2) is 28.1 Å². The van der Waals surface area contributed by atoms with Gasteiger partial charge in [0.1, 0.15) is 18.4 Å². The van der Waals surface area contributed by atoms with Gasteiger partial charge >= 0.3 is 6.09 Å². The second-order valence-electron chi connectivity index (χ2n) is 7.04. The second kappa shape index (κ2) is 7.63. The average molecular weight is 359 g/mol. The molecular formula is C22H21N3O2. The molecule has 2 aromatic rings. The predicted octanol–water partition coefficient (Wildman–Crippen LogP) is 4.30. The lowest BCUT2D eigenvalue weighted by molar-refractivity contribution is 0.0510. The fourth-order valence-electron chi connectivity index (χ4n) is 4.01. The Bertz CT molecular complexity index is 901. The Morgan fingerprint density at radius 1 is 1.26 bits per heavy atom. The number of hydrogen-bond acceptors (Lipinski definition) is 4. The third-order valence-electron chi connectivity index (χ3n) is 5.30. The smallest absolute Gasteiger partial charge is 0.410 e. The second-order valence-corrected chi connectivity index (χ2v) is 7.04. The first-order valence-electron chi connectivity index (χ1n) is 9.31. The summed E-state index contributed by atoms with van der Waals surface area (Å²) >= 11 is 0. The van der Waals surface area contributed by atoms with Gasteiger partial charge in [-0.2, -0.15) is 5.26 Å². The fraction of sp³-hybridized carbons (Fsp3) is 0.318. The molecule has 0 aliphatic carbocycles. The van der Waals surface area contributed by atoms with Crippen molar-refractivity contribution in [2.45, 2.75) is 44.4 Å². The Morgan fingerprint density at radius 2 is 2.11 bits per heavy atom. The van der Waals surface area contributed by atoms with Gasteiger partial charge in [-0.05, 0) is 54.5 Å². The molecule has 2 aliphatic rings. The Balaban J connectivity index is 1.51. The average Bonchev–Trinajstić information content (AvgIpc) is 2.72. The van der Waals surface area contributed by atoms with E-state index in [1.165, 1.54) is 5.57 Å². The number of nitriles is 1. The zero-order chi connectivity index (χ0) is 18.6. The molecule has 2 bridgehead atoms. The zero-order valence-electron chi connectivity index (χ0n) is 15.0. The maximum absolute atomic E-state index is 12.8. The maximum atomic E-state index is 12.8. The molecule has 1 saturated heterocycles. The van der Waals surface area contributed by atoms with Gasteiger partial charge in [0.2, 0.25) is 0 Å². The third-order valence-corrected chi connectivity index (χ3v) is 5.30. The van der Waals surface area contributed by atoms with Crippen molar-refractivity contribution >= 4 is 11.7 Å². The molecule has 3 heterocycles. The number of benzene rings is 1. The lowest BCUT2D eigenvalue weighted by Crippen LogP contribution is -2.51. The molecule has 5 heteroatoms. The monoisotopic (exact) mass is 359 g/mol. The molecule has 1 amide bonds. The van der Waals surface area contributed by atoms with Crippen molar-refractivity contribution in [3.8, 4) is 6.07 Å². The van der Waals surface area contributed by atoms with Crippen molar-refractivity contribution in [3.63, 3.8) is 0 Å². The van der Waals surface area contributed by atoms with Crippen molar-refractivity contribution in [1.82, 2.24) is 9.88 Å². The molecule has 27 heavy (non-hydrogen) atoms. The van der Waals surface area contributed by atoms with E-state index in [-0.39, 0.29) is 18.2 Å². The van der Waals surface area contributed by atoms with Gasteiger partial charge in [0.25, 0.3) is 0 Å². The number of nitrogens with zero attached hydrogens (tertiary/aromatic N) is 3. The van der Waals surface area contributed by atoms with E-state index in [1.807, 2.05) is 47.4 Å². The predicted molar refractivity (Wildman–Crippen MR) is 101 cm³/mol. The van der Waals surface area contributed by atoms with Crippen molar-refractivity contribution < 1.29 is 9.53 Å². The van der Waals surface area contributed by atoms with Crippen LogP contribution < -0.4 is 0 Å². The SMILES string of the molecule is N#Cc1cc(C2=CC3CCCC(C2)N3C(=O)OCc2ccccc2)ccn1. The van der Waals surface area contributed by atoms with Crippen LogP contribution in [0.2, 0.25) is 0 Å². The molecule has 1 fully saturated rings. The standard InChI is InChI=1S/C22H21N3O2/c23-14-19-11-17(9-10-24-19)18-12-20-7-4-8-21(13-18)25(20)22(26)27-15-16-5-2-1-3-6-16/h1-3,5-6,9-12,20-21H,4,7-8,13,15H2. The summed E-state index contributed by atoms with van der Waals surface area (Å²) in [5.74, 6) is 0. The van der Waals surface area contributed by atoms with Crippen LogP contribution in [0.3, 0.4) is 0 Å². The number of piperidine rings is 1. The van der Waals surface area contributed by atoms with Gasteiger partial charge < -0.3 is 4.74 Å². The molecule has 5 nitrogen and oxygen atoms in total. The van der Waals surface area contributed by atoms with E-state index < -0.39 is 0 Å². The third kappa shape index (κ3) is 3.70. The normalized spacial score (nSPS) is 21.1. The summed E-state index contributed by atoms with van der Waals surface area (Å²) in [6.45, 7) is 0.294. The summed E-state index contributed by atoms with van der Waals surface area (Å²) < 4.78 is 5.59. The molecule has 0 N–H and O–H groups in total. The van der Waals surface area contributed by atoms with Gasteiger partial charge in [-0.3, -0.25) is 4.90 Å². The highest BCUT2D eigenvalue weighted by atomic mass is 16.6. The van der Waals surface area contributed by atoms with Crippen LogP contribution in [0.15, 0.2) is 54.7 Å². The van der Waals surface area contributed by atoms with Crippen LogP contribution in [-0.2, 0) is 11.3 Å². The minimum atomic E-state index is -0.240. The van der Waals surface area contributed by atoms with Crippen LogP contribution in [0.4, 0.5) is 4.79 Å². The summed E-state index contributed by atoms with van der Waals surface area (Å²) in [5, 5.41) is 9.09. The van der Waals surface area contributed by atoms with Gasteiger partial charge in [0, 0.05) is 12.2 Å². The number of rotatable bonds is 3. The van der Waals surface area contributed by atoms with E-state index in [2.05, 4.69) is 17.1 Å². The van der Waals surface area contributed by atoms with Gasteiger partial charge in [-0.15, -0.1) is 0 Å². The lowest BCUT2D eigenvalue weighted by Gasteiger charge is -2.44. The highest BCUT2D eigenvalue weighted by molar-refractivity contribution is 5.74. The quantitative estimate of drug-likeness (QED) is 0.819. The van der Waals surface area contributed by atoms with E-state index in [9.17, 15) is 4.79 Å². The molecule has 2 unspecified atom stereocenters. The molecule has 1 aromatic carbocycles. The number of ether oxygens (including phenoxy) is 1. The van der Waals surface area contributed by atoms with Gasteiger partial charge in [-0.25, -0.2) is 9.78 Å². The van der Waals surface area contributed by atoms with E-state index in [4.69, 9.17) is 10.00 Å². The van der Waals surface area contributed by atoms with E-state index in [1.54, 1.807) is 6.20 Å². The number of carbonyl (C=O) groups excluding carboxylic acids is 1. The molecule has 0 saturated carbocycles. The van der Waals surface area contributed by atoms with Crippen molar-refractivity contribution in [3.05, 3.63) is 71.6 Å². The first kappa shape index (κ1) is 17.3. The Kier molecular flexibility index (Phi) is 4.88. The van der Waals surface area contributed by atoms with E-state index >= 15 is 0 Å². The van der Waals surface area contributed by atoms with Gasteiger partial charge in [0.05, 0.1) is 6.04 Å². The molecule has 136 valence electrons. The topological polar surface area (TPSA) is 66.2 Å². The highest BCUT2D eigenvalue weighted by Gasteiger charge is 2.38. The Morgan fingerprint density at radius 3 is 2.89 bits per heavy atom. The van der Waals surface area contributed by atoms with Crippen LogP contribution in [0.5, 0.6) is 0 Å². The molecule has 2 atom stereocenters. The lowest BCUT2D eigenvalue weighted by atomic mass is 9.83. The summed E-state index contributed by atoms with van der Waals surface area (Å²) in [6.07, 6.45) is 7.41.